The number of halogens is 1. The summed E-state index contributed by atoms with van der Waals surface area (Å²) in [6.45, 7) is 0. The highest BCUT2D eigenvalue weighted by Gasteiger charge is 2.31. The molecule has 1 aliphatic carbocycles. The Morgan fingerprint density at radius 3 is 2.94 bits per heavy atom. The molecule has 0 spiro atoms. The smallest absolute Gasteiger partial charge is 0.356 e. The number of fused-ring (bicyclic) bond motifs is 1. The number of hydrogen-bond donors (Lipinski definition) is 1. The van der Waals surface area contributed by atoms with Gasteiger partial charge in [-0.2, -0.15) is 5.10 Å². The Hall–Kier alpha value is -1.62. The summed E-state index contributed by atoms with van der Waals surface area (Å²) in [5.74, 6) is -0.770. The number of rotatable bonds is 2. The summed E-state index contributed by atoms with van der Waals surface area (Å²) in [6.07, 6.45) is 3.56. The quantitative estimate of drug-likeness (QED) is 0.867. The Balaban J connectivity index is 2.36. The number of hydrogen-bond acceptors (Lipinski definition) is 3. The van der Waals surface area contributed by atoms with Gasteiger partial charge in [0, 0.05) is 12.0 Å². The molecule has 5 nitrogen and oxygen atoms in total. The second-order valence-electron chi connectivity index (χ2n) is 3.84. The van der Waals surface area contributed by atoms with Gasteiger partial charge in [-0.1, -0.05) is 11.6 Å². The van der Waals surface area contributed by atoms with E-state index in [0.29, 0.717) is 17.3 Å². The third-order valence-electron chi connectivity index (χ3n) is 2.67. The molecule has 6 heteroatoms. The largest absolute Gasteiger partial charge is 0.476 e. The lowest BCUT2D eigenvalue weighted by Crippen LogP contribution is -2.10. The van der Waals surface area contributed by atoms with E-state index >= 15 is 0 Å². The van der Waals surface area contributed by atoms with E-state index in [1.165, 1.54) is 10.7 Å². The summed E-state index contributed by atoms with van der Waals surface area (Å²) in [5, 5.41) is 13.3. The van der Waals surface area contributed by atoms with Crippen molar-refractivity contribution >= 4 is 23.2 Å². The second-order valence-corrected chi connectivity index (χ2v) is 4.22. The third-order valence-corrected chi connectivity index (χ3v) is 3.04. The third kappa shape index (κ3) is 1.28. The van der Waals surface area contributed by atoms with E-state index in [4.69, 9.17) is 16.7 Å². The van der Waals surface area contributed by atoms with E-state index in [1.807, 2.05) is 0 Å². The second kappa shape index (κ2) is 3.18. The summed E-state index contributed by atoms with van der Waals surface area (Å²) in [4.78, 5) is 15.5. The molecule has 0 unspecified atom stereocenters. The topological polar surface area (TPSA) is 67.5 Å². The van der Waals surface area contributed by atoms with Crippen LogP contribution in [-0.4, -0.2) is 25.7 Å². The van der Waals surface area contributed by atoms with Crippen molar-refractivity contribution in [3.8, 4) is 0 Å². The summed E-state index contributed by atoms with van der Waals surface area (Å²) in [5.41, 5.74) is 1.22. The first-order valence-electron chi connectivity index (χ1n) is 4.95. The predicted octanol–water partition coefficient (Wildman–Crippen LogP) is 1.96. The van der Waals surface area contributed by atoms with E-state index in [1.54, 1.807) is 6.07 Å². The van der Waals surface area contributed by atoms with Crippen molar-refractivity contribution in [3.05, 3.63) is 28.7 Å². The molecule has 2 aromatic heterocycles. The maximum Gasteiger partial charge on any atom is 0.356 e. The summed E-state index contributed by atoms with van der Waals surface area (Å²) >= 11 is 6.07. The molecule has 1 fully saturated rings. The molecular formula is C10H8ClN3O2. The maximum absolute atomic E-state index is 11.2. The maximum atomic E-state index is 11.2. The van der Waals surface area contributed by atoms with E-state index in [0.717, 1.165) is 12.8 Å². The van der Waals surface area contributed by atoms with Crippen LogP contribution in [0.15, 0.2) is 12.3 Å². The Labute approximate surface area is 95.7 Å². The van der Waals surface area contributed by atoms with Crippen LogP contribution in [0.1, 0.15) is 34.9 Å². The first-order chi connectivity index (χ1) is 7.68. The van der Waals surface area contributed by atoms with Gasteiger partial charge in [-0.05, 0) is 12.8 Å². The Morgan fingerprint density at radius 2 is 2.31 bits per heavy atom. The van der Waals surface area contributed by atoms with Gasteiger partial charge in [0.15, 0.2) is 11.3 Å². The minimum absolute atomic E-state index is 0.00133. The molecule has 2 heterocycles. The summed E-state index contributed by atoms with van der Waals surface area (Å²) in [7, 11) is 0. The van der Waals surface area contributed by atoms with Crippen molar-refractivity contribution in [3.63, 3.8) is 0 Å². The molecule has 2 aromatic rings. The van der Waals surface area contributed by atoms with Crippen LogP contribution >= 0.6 is 11.6 Å². The van der Waals surface area contributed by atoms with Crippen molar-refractivity contribution in [1.29, 1.82) is 0 Å². The SMILES string of the molecule is O=C(O)c1c(Cl)c(C2CC2)nc2ccnn12. The van der Waals surface area contributed by atoms with Crippen LogP contribution in [0.4, 0.5) is 0 Å². The lowest BCUT2D eigenvalue weighted by atomic mass is 10.2. The average Bonchev–Trinajstić information content (AvgIpc) is 2.96. The van der Waals surface area contributed by atoms with Crippen molar-refractivity contribution in [2.24, 2.45) is 0 Å². The Kier molecular flexibility index (Phi) is 1.91. The lowest BCUT2D eigenvalue weighted by molar-refractivity contribution is 0.0687. The van der Waals surface area contributed by atoms with Gasteiger partial charge >= 0.3 is 5.97 Å². The molecule has 1 aliphatic rings. The molecule has 0 aromatic carbocycles. The fourth-order valence-corrected chi connectivity index (χ4v) is 2.11. The molecule has 0 amide bonds. The van der Waals surface area contributed by atoms with Crippen LogP contribution in [0.2, 0.25) is 5.02 Å². The van der Waals surface area contributed by atoms with Gasteiger partial charge in [-0.25, -0.2) is 14.3 Å². The number of aromatic nitrogens is 3. The zero-order chi connectivity index (χ0) is 11.3. The molecule has 3 rings (SSSR count). The molecule has 1 saturated carbocycles. The highest BCUT2D eigenvalue weighted by atomic mass is 35.5. The molecule has 0 atom stereocenters. The first kappa shape index (κ1) is 9.59. The number of nitrogens with zero attached hydrogens (tertiary/aromatic N) is 3. The zero-order valence-corrected chi connectivity index (χ0v) is 8.98. The molecule has 82 valence electrons. The molecular weight excluding hydrogens is 230 g/mol. The van der Waals surface area contributed by atoms with Crippen molar-refractivity contribution < 1.29 is 9.90 Å². The first-order valence-corrected chi connectivity index (χ1v) is 5.32. The van der Waals surface area contributed by atoms with Crippen molar-refractivity contribution in [2.75, 3.05) is 0 Å². The monoisotopic (exact) mass is 237 g/mol. The van der Waals surface area contributed by atoms with Gasteiger partial charge in [-0.15, -0.1) is 0 Å². The summed E-state index contributed by atoms with van der Waals surface area (Å²) < 4.78 is 1.26. The molecule has 1 N–H and O–H groups in total. The molecule has 0 aliphatic heterocycles. The van der Waals surface area contributed by atoms with Gasteiger partial charge in [0.2, 0.25) is 0 Å². The van der Waals surface area contributed by atoms with Crippen molar-refractivity contribution in [2.45, 2.75) is 18.8 Å². The standard InChI is InChI=1S/C10H8ClN3O2/c11-7-8(5-1-2-5)13-6-3-4-12-14(6)9(7)10(15)16/h3-5H,1-2H2,(H,15,16). The Bertz CT molecular complexity index is 589. The zero-order valence-electron chi connectivity index (χ0n) is 8.22. The molecule has 0 radical (unpaired) electrons. The molecule has 16 heavy (non-hydrogen) atoms. The average molecular weight is 238 g/mol. The number of carboxylic acids is 1. The fraction of sp³-hybridized carbons (Fsp3) is 0.300. The lowest BCUT2D eigenvalue weighted by Gasteiger charge is -2.07. The normalized spacial score (nSPS) is 15.6. The molecule has 0 saturated heterocycles. The van der Waals surface area contributed by atoms with Crippen LogP contribution in [0, 0.1) is 0 Å². The van der Waals surface area contributed by atoms with E-state index in [-0.39, 0.29) is 10.7 Å². The minimum atomic E-state index is -1.08. The van der Waals surface area contributed by atoms with Gasteiger partial charge < -0.3 is 5.11 Å². The van der Waals surface area contributed by atoms with E-state index in [2.05, 4.69) is 10.1 Å². The van der Waals surface area contributed by atoms with Crippen molar-refractivity contribution in [1.82, 2.24) is 14.6 Å². The van der Waals surface area contributed by atoms with Crippen LogP contribution in [0.3, 0.4) is 0 Å². The van der Waals surface area contributed by atoms with Crippen LogP contribution in [0.5, 0.6) is 0 Å². The number of carbonyl (C=O) groups is 1. The fourth-order valence-electron chi connectivity index (χ4n) is 1.75. The highest BCUT2D eigenvalue weighted by Crippen LogP contribution is 2.43. The van der Waals surface area contributed by atoms with Gasteiger partial charge in [-0.3, -0.25) is 0 Å². The van der Waals surface area contributed by atoms with Crippen LogP contribution in [-0.2, 0) is 0 Å². The highest BCUT2D eigenvalue weighted by molar-refractivity contribution is 6.34. The Morgan fingerprint density at radius 1 is 1.56 bits per heavy atom. The van der Waals surface area contributed by atoms with Gasteiger partial charge in [0.25, 0.3) is 0 Å². The molecule has 0 bridgehead atoms. The van der Waals surface area contributed by atoms with Crippen LogP contribution in [0.25, 0.3) is 5.65 Å². The number of carboxylic acid groups (broad SMARTS) is 1. The minimum Gasteiger partial charge on any atom is -0.476 e. The predicted molar refractivity (Wildman–Crippen MR) is 56.9 cm³/mol. The van der Waals surface area contributed by atoms with Gasteiger partial charge in [0.1, 0.15) is 0 Å². The van der Waals surface area contributed by atoms with E-state index < -0.39 is 5.97 Å². The summed E-state index contributed by atoms with van der Waals surface area (Å²) in [6, 6.07) is 1.68. The van der Waals surface area contributed by atoms with E-state index in [9.17, 15) is 4.79 Å². The van der Waals surface area contributed by atoms with Crippen LogP contribution < -0.4 is 0 Å². The number of aromatic carboxylic acids is 1. The van der Waals surface area contributed by atoms with Gasteiger partial charge in [0.05, 0.1) is 16.9 Å².